The average Bonchev–Trinajstić information content (AvgIpc) is 2.15. The molecule has 0 fully saturated rings. The molecule has 0 amide bonds. The lowest BCUT2D eigenvalue weighted by Gasteiger charge is -2.15. The molecule has 104 valence electrons. The Hall–Kier alpha value is -0.990. The lowest BCUT2D eigenvalue weighted by Crippen LogP contribution is -2.14. The van der Waals surface area contributed by atoms with E-state index in [2.05, 4.69) is 10.7 Å². The molecule has 0 spiro atoms. The zero-order chi connectivity index (χ0) is 13.3. The zero-order valence-electron chi connectivity index (χ0n) is 8.60. The van der Waals surface area contributed by atoms with Crippen LogP contribution in [0.5, 0.6) is 0 Å². The van der Waals surface area contributed by atoms with Crippen LogP contribution in [0.15, 0.2) is 18.2 Å². The van der Waals surface area contributed by atoms with E-state index in [1.54, 1.807) is 0 Å². The summed E-state index contributed by atoms with van der Waals surface area (Å²) >= 11 is 0. The Bertz CT molecular complexity index is 403. The molecule has 0 aliphatic rings. The van der Waals surface area contributed by atoms with Crippen LogP contribution in [0.2, 0.25) is 0 Å². The molecule has 0 aliphatic heterocycles. The molecule has 0 unspecified atom stereocenters. The van der Waals surface area contributed by atoms with Gasteiger partial charge >= 0.3 is 12.4 Å². The monoisotopic (exact) mass is 295 g/mol. The highest BCUT2D eigenvalue weighted by molar-refractivity contribution is 5.85. The first-order valence-corrected chi connectivity index (χ1v) is 4.25. The first-order chi connectivity index (χ1) is 7.66. The Balaban J connectivity index is 0.00000289. The highest BCUT2D eigenvalue weighted by Gasteiger charge is 2.37. The topological polar surface area (TPSA) is 35.2 Å². The van der Waals surface area contributed by atoms with Gasteiger partial charge in [-0.3, -0.25) is 4.84 Å². The molecule has 9 heteroatoms. The Kier molecular flexibility index (Phi) is 5.45. The average molecular weight is 296 g/mol. The second kappa shape index (κ2) is 5.77. The number of hydrogen-bond acceptors (Lipinski definition) is 2. The van der Waals surface area contributed by atoms with E-state index < -0.39 is 35.6 Å². The maximum absolute atomic E-state index is 12.5. The van der Waals surface area contributed by atoms with Gasteiger partial charge in [0.25, 0.3) is 0 Å². The van der Waals surface area contributed by atoms with Gasteiger partial charge in [0, 0.05) is 0 Å². The Morgan fingerprint density at radius 3 is 1.94 bits per heavy atom. The maximum atomic E-state index is 12.5. The number of nitrogens with two attached hydrogens (primary N) is 1. The predicted molar refractivity (Wildman–Crippen MR) is 52.7 cm³/mol. The van der Waals surface area contributed by atoms with E-state index in [1.807, 2.05) is 0 Å². The minimum absolute atomic E-state index is 0. The summed E-state index contributed by atoms with van der Waals surface area (Å²) in [5.74, 6) is 4.61. The van der Waals surface area contributed by atoms with Gasteiger partial charge in [-0.05, 0) is 17.7 Å². The quantitative estimate of drug-likeness (QED) is 0.669. The third-order valence-electron chi connectivity index (χ3n) is 1.98. The van der Waals surface area contributed by atoms with Crippen LogP contribution in [-0.4, -0.2) is 0 Å². The van der Waals surface area contributed by atoms with Gasteiger partial charge in [0.2, 0.25) is 0 Å². The van der Waals surface area contributed by atoms with Crippen molar-refractivity contribution >= 4 is 12.4 Å². The highest BCUT2D eigenvalue weighted by Crippen LogP contribution is 2.37. The SMILES string of the molecule is Cl.NOCc1ccc(C(F)(F)F)cc1C(F)(F)F. The molecule has 1 aromatic rings. The van der Waals surface area contributed by atoms with Crippen LogP contribution in [0, 0.1) is 0 Å². The largest absolute Gasteiger partial charge is 0.416 e. The lowest BCUT2D eigenvalue weighted by atomic mass is 10.0. The van der Waals surface area contributed by atoms with Gasteiger partial charge < -0.3 is 0 Å². The normalized spacial score (nSPS) is 12.2. The summed E-state index contributed by atoms with van der Waals surface area (Å²) in [5.41, 5.74) is -3.23. The van der Waals surface area contributed by atoms with Crippen LogP contribution in [0.3, 0.4) is 0 Å². The van der Waals surface area contributed by atoms with Crippen molar-refractivity contribution in [2.45, 2.75) is 19.0 Å². The van der Waals surface area contributed by atoms with E-state index in [4.69, 9.17) is 0 Å². The van der Waals surface area contributed by atoms with Crippen LogP contribution in [0.25, 0.3) is 0 Å². The summed E-state index contributed by atoms with van der Waals surface area (Å²) in [6, 6.07) is 1.27. The second-order valence-electron chi connectivity index (χ2n) is 3.18. The fraction of sp³-hybridized carbons (Fsp3) is 0.333. The summed E-state index contributed by atoms with van der Waals surface area (Å²) in [7, 11) is 0. The molecule has 18 heavy (non-hydrogen) atoms. The summed E-state index contributed by atoms with van der Waals surface area (Å²) in [4.78, 5) is 4.01. The molecule has 1 aromatic carbocycles. The number of hydrogen-bond donors (Lipinski definition) is 1. The van der Waals surface area contributed by atoms with E-state index in [0.29, 0.717) is 12.1 Å². The molecular weight excluding hydrogens is 288 g/mol. The lowest BCUT2D eigenvalue weighted by molar-refractivity contribution is -0.143. The van der Waals surface area contributed by atoms with E-state index >= 15 is 0 Å². The van der Waals surface area contributed by atoms with E-state index in [1.165, 1.54) is 0 Å². The molecule has 0 aliphatic carbocycles. The van der Waals surface area contributed by atoms with Gasteiger partial charge in [-0.1, -0.05) is 6.07 Å². The van der Waals surface area contributed by atoms with Crippen molar-refractivity contribution in [3.63, 3.8) is 0 Å². The Labute approximate surface area is 104 Å². The molecule has 0 aromatic heterocycles. The van der Waals surface area contributed by atoms with Gasteiger partial charge in [-0.2, -0.15) is 26.3 Å². The smallest absolute Gasteiger partial charge is 0.300 e. The molecule has 0 radical (unpaired) electrons. The summed E-state index contributed by atoms with van der Waals surface area (Å²) in [6.07, 6.45) is -9.72. The first-order valence-electron chi connectivity index (χ1n) is 4.25. The van der Waals surface area contributed by atoms with Crippen molar-refractivity contribution in [1.82, 2.24) is 0 Å². The first kappa shape index (κ1) is 17.0. The van der Waals surface area contributed by atoms with Crippen molar-refractivity contribution in [2.24, 2.45) is 5.90 Å². The Morgan fingerprint density at radius 1 is 1.00 bits per heavy atom. The van der Waals surface area contributed by atoms with E-state index in [-0.39, 0.29) is 18.5 Å². The van der Waals surface area contributed by atoms with Gasteiger partial charge in [0.05, 0.1) is 17.7 Å². The summed E-state index contributed by atoms with van der Waals surface area (Å²) < 4.78 is 74.2. The number of halogens is 7. The van der Waals surface area contributed by atoms with Crippen LogP contribution < -0.4 is 5.90 Å². The van der Waals surface area contributed by atoms with E-state index in [0.717, 1.165) is 0 Å². The van der Waals surface area contributed by atoms with Gasteiger partial charge in [0.15, 0.2) is 0 Å². The Morgan fingerprint density at radius 2 is 1.56 bits per heavy atom. The predicted octanol–water partition coefficient (Wildman–Crippen LogP) is 3.54. The van der Waals surface area contributed by atoms with Crippen molar-refractivity contribution in [3.8, 4) is 0 Å². The van der Waals surface area contributed by atoms with Gasteiger partial charge in [-0.15, -0.1) is 12.4 Å². The number of alkyl halides is 6. The third kappa shape index (κ3) is 4.04. The molecule has 0 saturated carbocycles. The van der Waals surface area contributed by atoms with E-state index in [9.17, 15) is 26.3 Å². The molecule has 0 heterocycles. The molecule has 2 N–H and O–H groups in total. The van der Waals surface area contributed by atoms with Crippen LogP contribution in [0.1, 0.15) is 16.7 Å². The minimum atomic E-state index is -4.89. The van der Waals surface area contributed by atoms with Gasteiger partial charge in [-0.25, -0.2) is 5.90 Å². The fourth-order valence-electron chi connectivity index (χ4n) is 1.23. The van der Waals surface area contributed by atoms with Crippen molar-refractivity contribution in [1.29, 1.82) is 0 Å². The second-order valence-corrected chi connectivity index (χ2v) is 3.18. The van der Waals surface area contributed by atoms with Crippen LogP contribution in [0.4, 0.5) is 26.3 Å². The van der Waals surface area contributed by atoms with Crippen LogP contribution >= 0.6 is 12.4 Å². The summed E-state index contributed by atoms with van der Waals surface area (Å²) in [6.45, 7) is -0.618. The third-order valence-corrected chi connectivity index (χ3v) is 1.98. The molecule has 0 saturated heterocycles. The molecule has 1 rings (SSSR count). The maximum Gasteiger partial charge on any atom is 0.416 e. The number of rotatable bonds is 2. The molecule has 0 bridgehead atoms. The van der Waals surface area contributed by atoms with Gasteiger partial charge in [0.1, 0.15) is 0 Å². The molecular formula is C9H8ClF6NO. The highest BCUT2D eigenvalue weighted by atomic mass is 35.5. The zero-order valence-corrected chi connectivity index (χ0v) is 9.42. The molecule has 0 atom stereocenters. The van der Waals surface area contributed by atoms with Crippen molar-refractivity contribution in [3.05, 3.63) is 34.9 Å². The van der Waals surface area contributed by atoms with Crippen molar-refractivity contribution < 1.29 is 31.2 Å². The standard InChI is InChI=1S/C9H7F6NO.ClH/c10-8(11,12)6-2-1-5(4-17-16)7(3-6)9(13,14)15;/h1-3H,4,16H2;1H. The minimum Gasteiger partial charge on any atom is -0.300 e. The fourth-order valence-corrected chi connectivity index (χ4v) is 1.23. The molecule has 2 nitrogen and oxygen atoms in total. The van der Waals surface area contributed by atoms with Crippen molar-refractivity contribution in [2.75, 3.05) is 0 Å². The summed E-state index contributed by atoms with van der Waals surface area (Å²) in [5, 5.41) is 0. The number of benzene rings is 1. The van der Waals surface area contributed by atoms with Crippen LogP contribution in [-0.2, 0) is 23.8 Å².